The molecular weight excluding hydrogens is 310 g/mol. The fraction of sp³-hybridized carbons (Fsp3) is 0.286. The molecule has 3 aromatic rings. The van der Waals surface area contributed by atoms with Gasteiger partial charge in [-0.05, 0) is 24.8 Å². The van der Waals surface area contributed by atoms with E-state index >= 15 is 0 Å². The molecule has 1 fully saturated rings. The van der Waals surface area contributed by atoms with Crippen LogP contribution in [0.2, 0.25) is 0 Å². The second-order valence-electron chi connectivity index (χ2n) is 6.78. The van der Waals surface area contributed by atoms with E-state index in [2.05, 4.69) is 16.9 Å². The minimum atomic E-state index is 0.0160. The van der Waals surface area contributed by atoms with Gasteiger partial charge in [0.05, 0.1) is 5.52 Å². The summed E-state index contributed by atoms with van der Waals surface area (Å²) in [4.78, 5) is 24.5. The maximum absolute atomic E-state index is 13.2. The highest BCUT2D eigenvalue weighted by Crippen LogP contribution is 2.24. The Morgan fingerprint density at radius 3 is 2.60 bits per heavy atom. The maximum atomic E-state index is 13.2. The Morgan fingerprint density at radius 2 is 1.80 bits per heavy atom. The molecule has 0 radical (unpaired) electrons. The molecule has 1 aliphatic heterocycles. The van der Waals surface area contributed by atoms with Gasteiger partial charge in [-0.1, -0.05) is 55.5 Å². The van der Waals surface area contributed by atoms with Gasteiger partial charge in [-0.25, -0.2) is 9.97 Å². The van der Waals surface area contributed by atoms with Crippen LogP contribution in [-0.2, 0) is 0 Å². The van der Waals surface area contributed by atoms with Crippen molar-refractivity contribution < 1.29 is 4.79 Å². The Balaban J connectivity index is 1.82. The molecule has 1 aromatic heterocycles. The van der Waals surface area contributed by atoms with Gasteiger partial charge >= 0.3 is 0 Å². The van der Waals surface area contributed by atoms with Crippen molar-refractivity contribution in [1.29, 1.82) is 0 Å². The number of hydrogen-bond donors (Lipinski definition) is 0. The molecule has 25 heavy (non-hydrogen) atoms. The molecule has 126 valence electrons. The molecule has 1 saturated heterocycles. The van der Waals surface area contributed by atoms with Gasteiger partial charge in [-0.15, -0.1) is 0 Å². The maximum Gasteiger partial charge on any atom is 0.273 e. The fourth-order valence-electron chi connectivity index (χ4n) is 3.48. The quantitative estimate of drug-likeness (QED) is 0.708. The molecule has 4 rings (SSSR count). The number of amides is 1. The largest absolute Gasteiger partial charge is 0.337 e. The summed E-state index contributed by atoms with van der Waals surface area (Å²) in [6.45, 7) is 3.81. The minimum Gasteiger partial charge on any atom is -0.337 e. The Bertz CT molecular complexity index is 907. The number of carbonyl (C=O) groups is 1. The van der Waals surface area contributed by atoms with Crippen LogP contribution in [0.1, 0.15) is 30.3 Å². The second-order valence-corrected chi connectivity index (χ2v) is 6.78. The van der Waals surface area contributed by atoms with Gasteiger partial charge in [0.1, 0.15) is 5.69 Å². The van der Waals surface area contributed by atoms with Crippen molar-refractivity contribution in [3.63, 3.8) is 0 Å². The highest BCUT2D eigenvalue weighted by atomic mass is 16.2. The molecule has 4 heteroatoms. The van der Waals surface area contributed by atoms with E-state index in [-0.39, 0.29) is 5.91 Å². The minimum absolute atomic E-state index is 0.0160. The first-order valence-electron chi connectivity index (χ1n) is 8.84. The highest BCUT2D eigenvalue weighted by Gasteiger charge is 2.25. The Morgan fingerprint density at radius 1 is 1.04 bits per heavy atom. The van der Waals surface area contributed by atoms with Crippen LogP contribution in [0.5, 0.6) is 0 Å². The summed E-state index contributed by atoms with van der Waals surface area (Å²) in [6.07, 6.45) is 2.24. The van der Waals surface area contributed by atoms with Gasteiger partial charge in [-0.2, -0.15) is 0 Å². The van der Waals surface area contributed by atoms with Crippen LogP contribution in [0.15, 0.2) is 54.6 Å². The molecule has 2 aromatic carbocycles. The molecule has 1 amide bonds. The smallest absolute Gasteiger partial charge is 0.273 e. The summed E-state index contributed by atoms with van der Waals surface area (Å²) in [5.41, 5.74) is 2.25. The van der Waals surface area contributed by atoms with E-state index in [4.69, 9.17) is 0 Å². The van der Waals surface area contributed by atoms with Crippen molar-refractivity contribution in [2.45, 2.75) is 19.8 Å². The molecule has 0 N–H and O–H groups in total. The van der Waals surface area contributed by atoms with Crippen molar-refractivity contribution in [3.05, 3.63) is 60.3 Å². The highest BCUT2D eigenvalue weighted by molar-refractivity contribution is 6.04. The molecule has 1 aliphatic rings. The number of hydrogen-bond acceptors (Lipinski definition) is 3. The van der Waals surface area contributed by atoms with Gasteiger partial charge in [0.15, 0.2) is 5.82 Å². The Hall–Kier alpha value is -2.75. The average molecular weight is 331 g/mol. The molecular formula is C21H21N3O. The summed E-state index contributed by atoms with van der Waals surface area (Å²) >= 11 is 0. The lowest BCUT2D eigenvalue weighted by Crippen LogP contribution is -2.39. The van der Waals surface area contributed by atoms with Crippen molar-refractivity contribution in [1.82, 2.24) is 14.9 Å². The van der Waals surface area contributed by atoms with E-state index in [1.807, 2.05) is 59.5 Å². The van der Waals surface area contributed by atoms with Crippen LogP contribution in [0, 0.1) is 5.92 Å². The first kappa shape index (κ1) is 15.8. The molecule has 1 unspecified atom stereocenters. The summed E-state index contributed by atoms with van der Waals surface area (Å²) in [5, 5.41) is 0.824. The van der Waals surface area contributed by atoms with E-state index in [0.717, 1.165) is 36.0 Å². The molecule has 2 heterocycles. The summed E-state index contributed by atoms with van der Waals surface area (Å²) in [5.74, 6) is 1.16. The zero-order valence-electron chi connectivity index (χ0n) is 14.4. The lowest BCUT2D eigenvalue weighted by atomic mass is 9.99. The van der Waals surface area contributed by atoms with Gasteiger partial charge in [0.2, 0.25) is 0 Å². The van der Waals surface area contributed by atoms with E-state index in [1.165, 1.54) is 6.42 Å². The normalized spacial score (nSPS) is 17.6. The van der Waals surface area contributed by atoms with Crippen LogP contribution in [0.25, 0.3) is 22.3 Å². The van der Waals surface area contributed by atoms with Gasteiger partial charge in [0.25, 0.3) is 5.91 Å². The van der Waals surface area contributed by atoms with Crippen molar-refractivity contribution in [3.8, 4) is 11.4 Å². The molecule has 0 aliphatic carbocycles. The lowest BCUT2D eigenvalue weighted by Gasteiger charge is -2.31. The van der Waals surface area contributed by atoms with E-state index in [1.54, 1.807) is 0 Å². The Kier molecular flexibility index (Phi) is 4.18. The van der Waals surface area contributed by atoms with Crippen molar-refractivity contribution >= 4 is 16.8 Å². The van der Waals surface area contributed by atoms with Crippen molar-refractivity contribution in [2.75, 3.05) is 13.1 Å². The molecule has 4 nitrogen and oxygen atoms in total. The predicted octanol–water partition coefficient (Wildman–Crippen LogP) is 4.17. The van der Waals surface area contributed by atoms with Crippen LogP contribution < -0.4 is 0 Å². The lowest BCUT2D eigenvalue weighted by molar-refractivity contribution is 0.0679. The van der Waals surface area contributed by atoms with Crippen LogP contribution in [-0.4, -0.2) is 33.9 Å². The monoisotopic (exact) mass is 331 g/mol. The number of fused-ring (bicyclic) bond motifs is 1. The molecule has 1 atom stereocenters. The van der Waals surface area contributed by atoms with Gasteiger partial charge in [0, 0.05) is 24.0 Å². The summed E-state index contributed by atoms with van der Waals surface area (Å²) < 4.78 is 0. The number of benzene rings is 2. The SMILES string of the molecule is CC1CCCN(C(=O)c2nc(-c3ccccc3)nc3ccccc23)C1. The fourth-order valence-corrected chi connectivity index (χ4v) is 3.48. The zero-order chi connectivity index (χ0) is 17.2. The first-order valence-corrected chi connectivity index (χ1v) is 8.84. The molecule has 0 bridgehead atoms. The first-order chi connectivity index (χ1) is 12.2. The third-order valence-corrected chi connectivity index (χ3v) is 4.78. The van der Waals surface area contributed by atoms with Gasteiger partial charge < -0.3 is 4.90 Å². The van der Waals surface area contributed by atoms with E-state index in [9.17, 15) is 4.79 Å². The van der Waals surface area contributed by atoms with E-state index in [0.29, 0.717) is 17.4 Å². The number of piperidine rings is 1. The van der Waals surface area contributed by atoms with Crippen LogP contribution >= 0.6 is 0 Å². The average Bonchev–Trinajstić information content (AvgIpc) is 2.67. The summed E-state index contributed by atoms with van der Waals surface area (Å²) in [6, 6.07) is 17.6. The van der Waals surface area contributed by atoms with Crippen LogP contribution in [0.4, 0.5) is 0 Å². The number of para-hydroxylation sites is 1. The number of likely N-dealkylation sites (tertiary alicyclic amines) is 1. The second kappa shape index (κ2) is 6.63. The topological polar surface area (TPSA) is 46.1 Å². The third-order valence-electron chi connectivity index (χ3n) is 4.78. The number of aromatic nitrogens is 2. The molecule has 0 saturated carbocycles. The third kappa shape index (κ3) is 3.12. The standard InChI is InChI=1S/C21H21N3O/c1-15-8-7-13-24(14-15)21(25)19-17-11-5-6-12-18(17)22-20(23-19)16-9-3-2-4-10-16/h2-6,9-12,15H,7-8,13-14H2,1H3. The number of carbonyl (C=O) groups excluding carboxylic acids is 1. The number of nitrogens with zero attached hydrogens (tertiary/aromatic N) is 3. The van der Waals surface area contributed by atoms with Gasteiger partial charge in [-0.3, -0.25) is 4.79 Å². The zero-order valence-corrected chi connectivity index (χ0v) is 14.4. The predicted molar refractivity (Wildman–Crippen MR) is 99.3 cm³/mol. The molecule has 0 spiro atoms. The van der Waals surface area contributed by atoms with Crippen LogP contribution in [0.3, 0.4) is 0 Å². The Labute approximate surface area is 147 Å². The summed E-state index contributed by atoms with van der Waals surface area (Å²) in [7, 11) is 0. The number of rotatable bonds is 2. The van der Waals surface area contributed by atoms with E-state index < -0.39 is 0 Å². The van der Waals surface area contributed by atoms with Crippen molar-refractivity contribution in [2.24, 2.45) is 5.92 Å².